The van der Waals surface area contributed by atoms with Gasteiger partial charge in [0.15, 0.2) is 6.10 Å². The van der Waals surface area contributed by atoms with Crippen LogP contribution in [0.25, 0.3) is 0 Å². The van der Waals surface area contributed by atoms with Gasteiger partial charge in [-0.2, -0.15) is 0 Å². The normalized spacial score (nSPS) is 13.1. The molecule has 0 unspecified atom stereocenters. The second kappa shape index (κ2) is 54.4. The molecule has 0 aliphatic carbocycles. The van der Waals surface area contributed by atoms with Gasteiger partial charge in [0.25, 0.3) is 0 Å². The fourth-order valence-corrected chi connectivity index (χ4v) is 6.95. The first-order valence-electron chi connectivity index (χ1n) is 27.0. The first-order chi connectivity index (χ1) is 33.0. The van der Waals surface area contributed by atoms with E-state index in [1.165, 1.54) is 51.4 Å². The number of ether oxygens (including phenoxy) is 3. The Balaban J connectivity index is 4.57. The van der Waals surface area contributed by atoms with Gasteiger partial charge < -0.3 is 14.2 Å². The molecular formula is C61H98O6. The molecule has 0 aromatic carbocycles. The van der Waals surface area contributed by atoms with E-state index in [0.29, 0.717) is 19.3 Å². The Bertz CT molecular complexity index is 1440. The van der Waals surface area contributed by atoms with E-state index in [9.17, 15) is 14.4 Å². The van der Waals surface area contributed by atoms with E-state index in [-0.39, 0.29) is 31.6 Å². The van der Waals surface area contributed by atoms with E-state index in [0.717, 1.165) is 128 Å². The number of unbranched alkanes of at least 4 members (excludes halogenated alkanes) is 16. The van der Waals surface area contributed by atoms with Crippen molar-refractivity contribution < 1.29 is 28.6 Å². The van der Waals surface area contributed by atoms with Crippen molar-refractivity contribution in [1.82, 2.24) is 0 Å². The summed E-state index contributed by atoms with van der Waals surface area (Å²) in [6, 6.07) is 0. The van der Waals surface area contributed by atoms with Crippen LogP contribution >= 0.6 is 0 Å². The van der Waals surface area contributed by atoms with E-state index in [4.69, 9.17) is 14.2 Å². The number of hydrogen-bond acceptors (Lipinski definition) is 6. The van der Waals surface area contributed by atoms with Gasteiger partial charge in [-0.25, -0.2) is 0 Å². The number of hydrogen-bond donors (Lipinski definition) is 0. The standard InChI is InChI=1S/C61H98O6/c1-4-7-10-13-16-19-22-25-28-29-30-31-34-37-40-43-46-49-52-55-61(64)67-58(56-65-59(62)53-50-47-44-41-38-35-32-26-23-20-17-14-11-8-5-2)57-66-60(63)54-51-48-45-42-39-36-33-27-24-21-18-15-12-9-6-3/h7-8,10-11,16-17,19-20,25-28,30-33,37,40,46,49,58H,4-6,9,12-15,18,21-24,29,34-36,38-39,41-45,47-48,50-57H2,1-3H3/b10-7-,11-8-,19-16-,20-17-,28-25-,31-30-,32-26-,33-27-,40-37-,49-46-/t58-/m1/s1. The van der Waals surface area contributed by atoms with Gasteiger partial charge in [0, 0.05) is 19.3 Å². The molecule has 0 saturated carbocycles. The zero-order chi connectivity index (χ0) is 48.6. The third-order valence-corrected chi connectivity index (χ3v) is 10.9. The van der Waals surface area contributed by atoms with Crippen molar-refractivity contribution in [2.24, 2.45) is 0 Å². The number of carbonyl (C=O) groups excluding carboxylic acids is 3. The van der Waals surface area contributed by atoms with Gasteiger partial charge in [0.05, 0.1) is 0 Å². The Morgan fingerprint density at radius 1 is 0.313 bits per heavy atom. The molecule has 1 atom stereocenters. The van der Waals surface area contributed by atoms with Crippen molar-refractivity contribution >= 4 is 17.9 Å². The van der Waals surface area contributed by atoms with Crippen LogP contribution in [-0.2, 0) is 28.6 Å². The first kappa shape index (κ1) is 62.8. The van der Waals surface area contributed by atoms with Crippen molar-refractivity contribution in [2.75, 3.05) is 13.2 Å². The monoisotopic (exact) mass is 927 g/mol. The summed E-state index contributed by atoms with van der Waals surface area (Å²) in [6.45, 7) is 6.31. The smallest absolute Gasteiger partial charge is 0.306 e. The lowest BCUT2D eigenvalue weighted by atomic mass is 10.1. The van der Waals surface area contributed by atoms with Crippen molar-refractivity contribution in [1.29, 1.82) is 0 Å². The molecule has 0 spiro atoms. The van der Waals surface area contributed by atoms with Gasteiger partial charge in [-0.3, -0.25) is 14.4 Å². The lowest BCUT2D eigenvalue weighted by molar-refractivity contribution is -0.166. The van der Waals surface area contributed by atoms with E-state index < -0.39 is 12.1 Å². The average molecular weight is 927 g/mol. The third kappa shape index (κ3) is 52.6. The Hall–Kier alpha value is -4.19. The van der Waals surface area contributed by atoms with Crippen molar-refractivity contribution in [3.63, 3.8) is 0 Å². The number of carbonyl (C=O) groups is 3. The lowest BCUT2D eigenvalue weighted by Crippen LogP contribution is -2.30. The van der Waals surface area contributed by atoms with Crippen LogP contribution in [0.5, 0.6) is 0 Å². The number of allylic oxidation sites excluding steroid dienone is 20. The van der Waals surface area contributed by atoms with E-state index in [2.05, 4.69) is 130 Å². The molecule has 0 aromatic heterocycles. The molecule has 0 aromatic rings. The molecule has 0 saturated heterocycles. The minimum absolute atomic E-state index is 0.121. The molecule has 0 amide bonds. The van der Waals surface area contributed by atoms with Crippen LogP contribution in [0.2, 0.25) is 0 Å². The maximum absolute atomic E-state index is 12.8. The zero-order valence-electron chi connectivity index (χ0n) is 43.1. The van der Waals surface area contributed by atoms with Gasteiger partial charge in [0.2, 0.25) is 0 Å². The Morgan fingerprint density at radius 3 is 0.985 bits per heavy atom. The van der Waals surface area contributed by atoms with E-state index in [1.54, 1.807) is 0 Å². The van der Waals surface area contributed by atoms with Gasteiger partial charge in [-0.15, -0.1) is 0 Å². The maximum atomic E-state index is 12.8. The second-order valence-corrected chi connectivity index (χ2v) is 17.4. The van der Waals surface area contributed by atoms with Crippen molar-refractivity contribution in [3.8, 4) is 0 Å². The molecule has 0 aliphatic heterocycles. The summed E-state index contributed by atoms with van der Waals surface area (Å²) in [5, 5.41) is 0. The Labute approximate surface area is 412 Å². The quantitative estimate of drug-likeness (QED) is 0.0262. The predicted octanol–water partition coefficient (Wildman–Crippen LogP) is 18.1. The molecule has 0 N–H and O–H groups in total. The molecule has 0 rings (SSSR count). The molecule has 0 heterocycles. The van der Waals surface area contributed by atoms with Crippen LogP contribution in [0.15, 0.2) is 122 Å². The summed E-state index contributed by atoms with van der Waals surface area (Å²) in [6.07, 6.45) is 74.8. The van der Waals surface area contributed by atoms with Gasteiger partial charge in [0.1, 0.15) is 13.2 Å². The molecule has 0 radical (unpaired) electrons. The third-order valence-electron chi connectivity index (χ3n) is 10.9. The zero-order valence-corrected chi connectivity index (χ0v) is 43.1. The summed E-state index contributed by atoms with van der Waals surface area (Å²) < 4.78 is 16.7. The van der Waals surface area contributed by atoms with Gasteiger partial charge >= 0.3 is 17.9 Å². The number of esters is 3. The fraction of sp³-hybridized carbons (Fsp3) is 0.623. The van der Waals surface area contributed by atoms with Crippen LogP contribution in [0, 0.1) is 0 Å². The molecule has 6 heteroatoms. The SMILES string of the molecule is CC/C=C\C/C=C\C/C=C\C/C=C\C/C=C\C/C=C\CCC(=O)O[C@H](COC(=O)CCCCCCC/C=C\C/C=C\C/C=C\CC)COC(=O)CCCCCCC/C=C\CCCCCCCC. The highest BCUT2D eigenvalue weighted by Crippen LogP contribution is 2.13. The van der Waals surface area contributed by atoms with Crippen LogP contribution in [0.3, 0.4) is 0 Å². The molecular weight excluding hydrogens is 829 g/mol. The van der Waals surface area contributed by atoms with Crippen LogP contribution in [-0.4, -0.2) is 37.2 Å². The van der Waals surface area contributed by atoms with Gasteiger partial charge in [-0.1, -0.05) is 213 Å². The van der Waals surface area contributed by atoms with Crippen molar-refractivity contribution in [3.05, 3.63) is 122 Å². The van der Waals surface area contributed by atoms with E-state index >= 15 is 0 Å². The lowest BCUT2D eigenvalue weighted by Gasteiger charge is -2.18. The molecule has 6 nitrogen and oxygen atoms in total. The maximum Gasteiger partial charge on any atom is 0.306 e. The molecule has 0 fully saturated rings. The molecule has 378 valence electrons. The van der Waals surface area contributed by atoms with E-state index in [1.807, 2.05) is 12.2 Å². The highest BCUT2D eigenvalue weighted by atomic mass is 16.6. The average Bonchev–Trinajstić information content (AvgIpc) is 3.33. The topological polar surface area (TPSA) is 78.9 Å². The Morgan fingerprint density at radius 2 is 0.612 bits per heavy atom. The largest absolute Gasteiger partial charge is 0.462 e. The molecule has 0 bridgehead atoms. The molecule has 0 aliphatic rings. The van der Waals surface area contributed by atoms with Crippen LogP contribution in [0.1, 0.15) is 226 Å². The summed E-state index contributed by atoms with van der Waals surface area (Å²) in [7, 11) is 0. The van der Waals surface area contributed by atoms with Crippen LogP contribution in [0.4, 0.5) is 0 Å². The van der Waals surface area contributed by atoms with Gasteiger partial charge in [-0.05, 0) is 116 Å². The summed E-state index contributed by atoms with van der Waals surface area (Å²) in [5.74, 6) is -1.04. The number of rotatable bonds is 47. The minimum Gasteiger partial charge on any atom is -0.462 e. The summed E-state index contributed by atoms with van der Waals surface area (Å²) >= 11 is 0. The Kier molecular flexibility index (Phi) is 51.0. The minimum atomic E-state index is -0.832. The highest BCUT2D eigenvalue weighted by molar-refractivity contribution is 5.71. The fourth-order valence-electron chi connectivity index (χ4n) is 6.95. The van der Waals surface area contributed by atoms with Crippen molar-refractivity contribution in [2.45, 2.75) is 232 Å². The summed E-state index contributed by atoms with van der Waals surface area (Å²) in [5.41, 5.74) is 0. The molecule has 67 heavy (non-hydrogen) atoms. The predicted molar refractivity (Wildman–Crippen MR) is 288 cm³/mol. The second-order valence-electron chi connectivity index (χ2n) is 17.4. The van der Waals surface area contributed by atoms with Crippen LogP contribution < -0.4 is 0 Å². The first-order valence-corrected chi connectivity index (χ1v) is 27.0. The highest BCUT2D eigenvalue weighted by Gasteiger charge is 2.19. The summed E-state index contributed by atoms with van der Waals surface area (Å²) in [4.78, 5) is 38.0.